The van der Waals surface area contributed by atoms with Crippen molar-refractivity contribution >= 4 is 22.1 Å². The van der Waals surface area contributed by atoms with Crippen LogP contribution in [0.2, 0.25) is 0 Å². The smallest absolute Gasteiger partial charge is 0.202 e. The first-order valence-corrected chi connectivity index (χ1v) is 27.1. The predicted octanol–water partition coefficient (Wildman–Crippen LogP) is 2.45. The molecule has 428 valence electrons. The predicted molar refractivity (Wildman–Crippen MR) is 273 cm³/mol. The van der Waals surface area contributed by atoms with Crippen molar-refractivity contribution in [2.24, 2.45) is 11.8 Å². The Morgan fingerprint density at radius 1 is 0.697 bits per heavy atom. The van der Waals surface area contributed by atoms with E-state index in [2.05, 4.69) is 6.58 Å². The molecule has 8 rings (SSSR count). The number of methoxy groups -OCH3 is 1. The lowest BCUT2D eigenvalue weighted by Crippen LogP contribution is -2.58. The molecule has 2 unspecified atom stereocenters. The van der Waals surface area contributed by atoms with Gasteiger partial charge in [-0.05, 0) is 131 Å². The second kappa shape index (κ2) is 23.7. The summed E-state index contributed by atoms with van der Waals surface area (Å²) in [5, 5.41) is 99.0. The summed E-state index contributed by atoms with van der Waals surface area (Å²) in [5.74, 6) is -1.26. The number of carbonyl (C=O) groups is 1. The van der Waals surface area contributed by atoms with Crippen LogP contribution in [0.25, 0.3) is 16.3 Å². The number of aliphatic hydroxyl groups is 9. The molecule has 5 fully saturated rings. The van der Waals surface area contributed by atoms with E-state index in [1.54, 1.807) is 27.7 Å². The lowest BCUT2D eigenvalue weighted by Gasteiger charge is -2.46. The van der Waals surface area contributed by atoms with Crippen LogP contribution in [-0.4, -0.2) is 199 Å². The summed E-state index contributed by atoms with van der Waals surface area (Å²) in [6.45, 7) is 22.0. The maximum absolute atomic E-state index is 14.1. The Bertz CT molecular complexity index is 2350. The Labute approximate surface area is 445 Å². The van der Waals surface area contributed by atoms with Crippen molar-refractivity contribution < 1.29 is 98.1 Å². The third kappa shape index (κ3) is 12.1. The summed E-state index contributed by atoms with van der Waals surface area (Å²) >= 11 is 0. The number of hydrogen-bond acceptors (Lipinski definition) is 20. The van der Waals surface area contributed by atoms with E-state index in [-0.39, 0.29) is 44.4 Å². The van der Waals surface area contributed by atoms with E-state index in [0.717, 1.165) is 38.6 Å². The molecule has 2 aliphatic carbocycles. The second-order valence-electron chi connectivity index (χ2n) is 23.0. The molecule has 4 saturated heterocycles. The average molecular weight is 1080 g/mol. The van der Waals surface area contributed by atoms with Gasteiger partial charge in [0.2, 0.25) is 6.29 Å². The van der Waals surface area contributed by atoms with Crippen molar-refractivity contribution in [1.82, 2.24) is 0 Å². The molecule has 2 aromatic rings. The molecule has 9 N–H and O–H groups in total. The van der Waals surface area contributed by atoms with Crippen LogP contribution in [0.3, 0.4) is 0 Å². The van der Waals surface area contributed by atoms with Crippen molar-refractivity contribution in [1.29, 1.82) is 0 Å². The zero-order chi connectivity index (χ0) is 55.6. The van der Waals surface area contributed by atoms with Crippen LogP contribution < -0.4 is 4.74 Å². The lowest BCUT2D eigenvalue weighted by atomic mass is 9.72. The zero-order valence-corrected chi connectivity index (χ0v) is 45.7. The number of benzene rings is 2. The van der Waals surface area contributed by atoms with Gasteiger partial charge in [0.25, 0.3) is 0 Å². The Hall–Kier alpha value is -2.81. The lowest BCUT2D eigenvalue weighted by molar-refractivity contribution is -0.325. The Kier molecular flexibility index (Phi) is 18.5. The molecule has 1 saturated carbocycles. The Morgan fingerprint density at radius 2 is 1.25 bits per heavy atom. The first-order chi connectivity index (χ1) is 35.7. The van der Waals surface area contributed by atoms with Gasteiger partial charge in [0.1, 0.15) is 42.4 Å². The highest BCUT2D eigenvalue weighted by atomic mass is 16.7. The van der Waals surface area contributed by atoms with Gasteiger partial charge in [0, 0.05) is 45.1 Å². The minimum atomic E-state index is -1.75. The van der Waals surface area contributed by atoms with Gasteiger partial charge in [-0.25, -0.2) is 0 Å². The zero-order valence-electron chi connectivity index (χ0n) is 45.7. The molecular formula is C56H84O20. The molecule has 0 bridgehead atoms. The van der Waals surface area contributed by atoms with Crippen LogP contribution in [0.5, 0.6) is 5.75 Å². The molecular weight excluding hydrogens is 993 g/mol. The number of ether oxygens (including phenoxy) is 10. The van der Waals surface area contributed by atoms with E-state index in [1.807, 2.05) is 39.8 Å². The number of rotatable bonds is 15. The molecule has 20 heteroatoms. The van der Waals surface area contributed by atoms with E-state index in [4.69, 9.17) is 47.4 Å². The number of hydrogen-bond donors (Lipinski definition) is 9. The number of aryl methyl sites for hydroxylation is 2. The summed E-state index contributed by atoms with van der Waals surface area (Å²) in [6, 6.07) is 3.96. The number of aliphatic hydroxyl groups excluding tert-OH is 8. The highest BCUT2D eigenvalue weighted by Crippen LogP contribution is 2.47. The highest BCUT2D eigenvalue weighted by molar-refractivity contribution is 5.97. The Morgan fingerprint density at radius 3 is 1.84 bits per heavy atom. The highest BCUT2D eigenvalue weighted by Gasteiger charge is 2.50. The molecule has 76 heavy (non-hydrogen) atoms. The number of ketones is 1. The summed E-state index contributed by atoms with van der Waals surface area (Å²) < 4.78 is 62.5. The molecule has 4 aliphatic heterocycles. The van der Waals surface area contributed by atoms with Crippen molar-refractivity contribution in [2.45, 2.75) is 255 Å². The van der Waals surface area contributed by atoms with Crippen LogP contribution >= 0.6 is 0 Å². The molecule has 4 heterocycles. The van der Waals surface area contributed by atoms with Gasteiger partial charge < -0.3 is 93.3 Å². The van der Waals surface area contributed by atoms with Crippen molar-refractivity contribution in [2.75, 3.05) is 7.11 Å². The van der Waals surface area contributed by atoms with Crippen LogP contribution in [0.15, 0.2) is 18.7 Å². The fraction of sp³-hybridized carbons (Fsp3) is 0.768. The van der Waals surface area contributed by atoms with Crippen LogP contribution in [0, 0.1) is 32.6 Å². The minimum Gasteiger partial charge on any atom is -0.465 e. The molecule has 0 aromatic heterocycles. The number of Topliss-reactive ketones (excluding diaryl/α,β-unsaturated/α-hetero) is 1. The molecule has 25 atom stereocenters. The largest absolute Gasteiger partial charge is 0.465 e. The van der Waals surface area contributed by atoms with Gasteiger partial charge in [0.15, 0.2) is 24.7 Å². The number of carbonyl (C=O) groups excluding carboxylic acids is 1. The maximum Gasteiger partial charge on any atom is 0.202 e. The normalized spacial score (nSPS) is 42.5. The van der Waals surface area contributed by atoms with Gasteiger partial charge in [-0.15, -0.1) is 0 Å². The third-order valence-corrected chi connectivity index (χ3v) is 17.1. The molecule has 2 aromatic carbocycles. The monoisotopic (exact) mass is 1080 g/mol. The summed E-state index contributed by atoms with van der Waals surface area (Å²) in [7, 11) is 1.38. The molecule has 0 radical (unpaired) electrons. The van der Waals surface area contributed by atoms with Gasteiger partial charge >= 0.3 is 0 Å². The van der Waals surface area contributed by atoms with E-state index in [1.165, 1.54) is 21.0 Å². The van der Waals surface area contributed by atoms with E-state index in [9.17, 15) is 50.8 Å². The molecule has 0 spiro atoms. The minimum absolute atomic E-state index is 0.0290. The van der Waals surface area contributed by atoms with Crippen molar-refractivity contribution in [3.63, 3.8) is 0 Å². The first-order valence-electron chi connectivity index (χ1n) is 27.1. The maximum atomic E-state index is 14.1. The van der Waals surface area contributed by atoms with E-state index in [0.29, 0.717) is 17.7 Å². The summed E-state index contributed by atoms with van der Waals surface area (Å²) in [4.78, 5) is 14.1. The topological polar surface area (TPSA) is 291 Å². The van der Waals surface area contributed by atoms with Crippen LogP contribution in [0.4, 0.5) is 0 Å². The Balaban J connectivity index is 1.04. The summed E-state index contributed by atoms with van der Waals surface area (Å²) in [5.41, 5.74) is 3.47. The number of fused-ring (bicyclic) bond motifs is 2. The first kappa shape index (κ1) is 59.3. The fourth-order valence-electron chi connectivity index (χ4n) is 12.6. The van der Waals surface area contributed by atoms with Crippen molar-refractivity contribution in [3.05, 3.63) is 46.5 Å². The average Bonchev–Trinajstić information content (AvgIpc) is 3.34. The van der Waals surface area contributed by atoms with E-state index >= 15 is 0 Å². The van der Waals surface area contributed by atoms with Gasteiger partial charge in [-0.1, -0.05) is 19.6 Å². The molecule has 6 aliphatic rings. The fourth-order valence-corrected chi connectivity index (χ4v) is 12.6. The van der Waals surface area contributed by atoms with Crippen molar-refractivity contribution in [3.8, 4) is 5.75 Å². The van der Waals surface area contributed by atoms with Crippen LogP contribution in [-0.2, 0) is 53.8 Å². The van der Waals surface area contributed by atoms with Gasteiger partial charge in [-0.3, -0.25) is 4.79 Å². The third-order valence-electron chi connectivity index (χ3n) is 17.1. The quantitative estimate of drug-likeness (QED) is 0.124. The molecule has 20 nitrogen and oxygen atoms in total. The van der Waals surface area contributed by atoms with Crippen LogP contribution in [0.1, 0.15) is 115 Å². The molecule has 0 amide bonds. The summed E-state index contributed by atoms with van der Waals surface area (Å²) in [6.07, 6.45) is -19.8. The second-order valence-corrected chi connectivity index (χ2v) is 23.0. The van der Waals surface area contributed by atoms with Gasteiger partial charge in [-0.2, -0.15) is 0 Å². The van der Waals surface area contributed by atoms with E-state index < -0.39 is 152 Å². The standard InChI is InChI=1S/C56H84O20/c1-22-13-34(17-38(47(22)59)74-43-20-40(51(63)30(9)70-43)76-44-21-56(11,66)55(65)31(10)71-44)72-53-26(5)46-25(4)45-24(3)23(2)37(16-33(45)14-32(46)15-35(53)54(67-12)52(64)48(60)27(6)57)73-42-19-39(50(62)29(8)69-42)75-41-18-36(58)49(61)28(7)68-41/h14,16,22,27-31,34-36,38-44,47-51,53-55,57-63,65-66H,5,13,15,17-21H2,1-4,6-12H3/t22-,27+,28+,29+,30+,31+,34?,35+,36+,38+,39?,40+,41-,42-,43-,44-,47+,48-,49+,50+,51+,53+,54-,55+,56-/m0/s1. The van der Waals surface area contributed by atoms with Gasteiger partial charge in [0.05, 0.1) is 78.8 Å². The SMILES string of the molecule is C=C1c2c(cc3cc(O[C@H]4CC(O[C@H]5C[C@@H](O)[C@H](O)[C@@H](C)O5)[C@H](O)[C@@H](C)O4)c(C)c(C)c3c2C)C[C@@H]([C@H](OC)C(=O)[C@@H](O)[C@@H](C)O)[C@@H]1OC1C[C@H](C)[C@@H](O)[C@H](O[C@H]2C[C@@H](O[C@H]3C[C@](C)(O)[C@H](O)[C@@H](C)O3)[C@H](O)[C@@H](C)O2)C1.